The topological polar surface area (TPSA) is 59.6 Å². The van der Waals surface area contributed by atoms with E-state index in [0.717, 1.165) is 24.6 Å². The molecule has 142 valence electrons. The first-order valence-electron chi connectivity index (χ1n) is 8.86. The molecule has 5 nitrogen and oxygen atoms in total. The standard InChI is InChI=1S/C19H30N2O3.ClH/c1-14(16-5-4-10-20-13-16)11-19(22)21-12-15(2)24-18-8-6-17(23-3)7-9-18;/h6-9,14-16,20H,4-5,10-13H2,1-3H3,(H,21,22);1H. The molecule has 25 heavy (non-hydrogen) atoms. The lowest BCUT2D eigenvalue weighted by Crippen LogP contribution is -2.37. The molecule has 1 aliphatic heterocycles. The molecule has 2 N–H and O–H groups in total. The molecule has 1 fully saturated rings. The second-order valence-corrected chi connectivity index (χ2v) is 6.70. The van der Waals surface area contributed by atoms with Crippen LogP contribution in [0.15, 0.2) is 24.3 Å². The van der Waals surface area contributed by atoms with E-state index in [4.69, 9.17) is 9.47 Å². The van der Waals surface area contributed by atoms with E-state index >= 15 is 0 Å². The number of methoxy groups -OCH3 is 1. The number of halogens is 1. The fourth-order valence-electron chi connectivity index (χ4n) is 3.08. The van der Waals surface area contributed by atoms with Crippen LogP contribution in [0.3, 0.4) is 0 Å². The maximum atomic E-state index is 12.1. The van der Waals surface area contributed by atoms with Crippen molar-refractivity contribution in [1.82, 2.24) is 10.6 Å². The summed E-state index contributed by atoms with van der Waals surface area (Å²) in [5.74, 6) is 2.71. The molecule has 1 amide bonds. The maximum absolute atomic E-state index is 12.1. The second kappa shape index (κ2) is 11.2. The molecule has 1 aliphatic rings. The zero-order chi connectivity index (χ0) is 17.4. The van der Waals surface area contributed by atoms with Gasteiger partial charge in [0.1, 0.15) is 17.6 Å². The van der Waals surface area contributed by atoms with Crippen molar-refractivity contribution in [2.24, 2.45) is 11.8 Å². The number of benzene rings is 1. The van der Waals surface area contributed by atoms with Crippen molar-refractivity contribution in [2.45, 2.75) is 39.2 Å². The Balaban J connectivity index is 0.00000312. The molecule has 0 saturated carbocycles. The Labute approximate surface area is 157 Å². The summed E-state index contributed by atoms with van der Waals surface area (Å²) < 4.78 is 10.9. The highest BCUT2D eigenvalue weighted by Gasteiger charge is 2.22. The number of rotatable bonds is 8. The second-order valence-electron chi connectivity index (χ2n) is 6.70. The van der Waals surface area contributed by atoms with Gasteiger partial charge in [-0.05, 0) is 69.0 Å². The van der Waals surface area contributed by atoms with Crippen molar-refractivity contribution in [3.05, 3.63) is 24.3 Å². The van der Waals surface area contributed by atoms with E-state index in [-0.39, 0.29) is 24.4 Å². The van der Waals surface area contributed by atoms with Crippen LogP contribution >= 0.6 is 12.4 Å². The van der Waals surface area contributed by atoms with Gasteiger partial charge in [0.25, 0.3) is 0 Å². The van der Waals surface area contributed by atoms with Crippen LogP contribution in [0.5, 0.6) is 11.5 Å². The molecule has 0 bridgehead atoms. The lowest BCUT2D eigenvalue weighted by molar-refractivity contribution is -0.122. The van der Waals surface area contributed by atoms with Crippen LogP contribution in [0, 0.1) is 11.8 Å². The molecule has 3 atom stereocenters. The average molecular weight is 371 g/mol. The highest BCUT2D eigenvalue weighted by atomic mass is 35.5. The Bertz CT molecular complexity index is 504. The minimum atomic E-state index is -0.0750. The highest BCUT2D eigenvalue weighted by Crippen LogP contribution is 2.22. The van der Waals surface area contributed by atoms with Gasteiger partial charge in [-0.1, -0.05) is 6.92 Å². The van der Waals surface area contributed by atoms with E-state index in [1.807, 2.05) is 31.2 Å². The molecule has 1 heterocycles. The van der Waals surface area contributed by atoms with Crippen LogP contribution in [-0.2, 0) is 4.79 Å². The minimum Gasteiger partial charge on any atom is -0.497 e. The predicted octanol–water partition coefficient (Wildman–Crippen LogP) is 3.03. The van der Waals surface area contributed by atoms with Crippen molar-refractivity contribution in [2.75, 3.05) is 26.7 Å². The number of nitrogens with one attached hydrogen (secondary N) is 2. The van der Waals surface area contributed by atoms with Crippen molar-refractivity contribution in [1.29, 1.82) is 0 Å². The molecule has 1 saturated heterocycles. The lowest BCUT2D eigenvalue weighted by Gasteiger charge is -2.28. The van der Waals surface area contributed by atoms with Crippen LogP contribution in [0.1, 0.15) is 33.1 Å². The fourth-order valence-corrected chi connectivity index (χ4v) is 3.08. The lowest BCUT2D eigenvalue weighted by atomic mass is 9.85. The number of carbonyl (C=O) groups excluding carboxylic acids is 1. The normalized spacial score (nSPS) is 19.2. The molecular weight excluding hydrogens is 340 g/mol. The van der Waals surface area contributed by atoms with E-state index in [9.17, 15) is 4.79 Å². The number of amides is 1. The van der Waals surface area contributed by atoms with Gasteiger partial charge in [-0.3, -0.25) is 4.79 Å². The molecule has 2 rings (SSSR count). The van der Waals surface area contributed by atoms with Gasteiger partial charge in [-0.15, -0.1) is 12.4 Å². The molecule has 0 radical (unpaired) electrons. The maximum Gasteiger partial charge on any atom is 0.220 e. The van der Waals surface area contributed by atoms with Gasteiger partial charge >= 0.3 is 0 Å². The summed E-state index contributed by atoms with van der Waals surface area (Å²) in [6, 6.07) is 7.46. The quantitative estimate of drug-likeness (QED) is 0.738. The van der Waals surface area contributed by atoms with Crippen molar-refractivity contribution >= 4 is 18.3 Å². The third-order valence-electron chi connectivity index (χ3n) is 4.63. The smallest absolute Gasteiger partial charge is 0.220 e. The van der Waals surface area contributed by atoms with Crippen molar-refractivity contribution < 1.29 is 14.3 Å². The van der Waals surface area contributed by atoms with E-state index in [2.05, 4.69) is 17.6 Å². The van der Waals surface area contributed by atoms with E-state index < -0.39 is 0 Å². The van der Waals surface area contributed by atoms with Crippen LogP contribution in [0.4, 0.5) is 0 Å². The predicted molar refractivity (Wildman–Crippen MR) is 103 cm³/mol. The van der Waals surface area contributed by atoms with Crippen LogP contribution in [-0.4, -0.2) is 38.8 Å². The largest absolute Gasteiger partial charge is 0.497 e. The zero-order valence-corrected chi connectivity index (χ0v) is 16.2. The SMILES string of the molecule is COc1ccc(OC(C)CNC(=O)CC(C)C2CCCNC2)cc1.Cl. The molecule has 3 unspecified atom stereocenters. The summed E-state index contributed by atoms with van der Waals surface area (Å²) in [6.45, 7) is 6.79. The Kier molecular flexibility index (Phi) is 9.68. The van der Waals surface area contributed by atoms with Crippen LogP contribution in [0.25, 0.3) is 0 Å². The first-order chi connectivity index (χ1) is 11.6. The number of hydrogen-bond acceptors (Lipinski definition) is 4. The molecule has 6 heteroatoms. The van der Waals surface area contributed by atoms with Gasteiger partial charge in [0.05, 0.1) is 13.7 Å². The molecule has 1 aromatic carbocycles. The van der Waals surface area contributed by atoms with E-state index in [1.54, 1.807) is 7.11 Å². The van der Waals surface area contributed by atoms with Gasteiger partial charge in [-0.25, -0.2) is 0 Å². The third-order valence-corrected chi connectivity index (χ3v) is 4.63. The van der Waals surface area contributed by atoms with E-state index in [0.29, 0.717) is 24.8 Å². The van der Waals surface area contributed by atoms with E-state index in [1.165, 1.54) is 12.8 Å². The monoisotopic (exact) mass is 370 g/mol. The van der Waals surface area contributed by atoms with Gasteiger partial charge in [0.15, 0.2) is 0 Å². The first-order valence-corrected chi connectivity index (χ1v) is 8.86. The first kappa shape index (κ1) is 21.6. The number of piperidine rings is 1. The third kappa shape index (κ3) is 7.53. The Morgan fingerprint density at radius 3 is 2.56 bits per heavy atom. The highest BCUT2D eigenvalue weighted by molar-refractivity contribution is 5.85. The average Bonchev–Trinajstić information content (AvgIpc) is 2.61. The summed E-state index contributed by atoms with van der Waals surface area (Å²) in [5, 5.41) is 6.40. The van der Waals surface area contributed by atoms with Gasteiger partial charge < -0.3 is 20.1 Å². The molecule has 0 spiro atoms. The van der Waals surface area contributed by atoms with Gasteiger partial charge in [0, 0.05) is 6.42 Å². The van der Waals surface area contributed by atoms with Gasteiger partial charge in [0.2, 0.25) is 5.91 Å². The molecule has 0 aliphatic carbocycles. The van der Waals surface area contributed by atoms with Crippen molar-refractivity contribution in [3.8, 4) is 11.5 Å². The van der Waals surface area contributed by atoms with Gasteiger partial charge in [-0.2, -0.15) is 0 Å². The van der Waals surface area contributed by atoms with Crippen molar-refractivity contribution in [3.63, 3.8) is 0 Å². The Hall–Kier alpha value is -1.46. The number of ether oxygens (including phenoxy) is 2. The summed E-state index contributed by atoms with van der Waals surface area (Å²) in [7, 11) is 1.64. The summed E-state index contributed by atoms with van der Waals surface area (Å²) in [5.41, 5.74) is 0. The summed E-state index contributed by atoms with van der Waals surface area (Å²) >= 11 is 0. The molecular formula is C19H31ClN2O3. The minimum absolute atomic E-state index is 0. The summed E-state index contributed by atoms with van der Waals surface area (Å²) in [6.07, 6.45) is 2.94. The number of carbonyl (C=O) groups is 1. The Morgan fingerprint density at radius 2 is 1.96 bits per heavy atom. The Morgan fingerprint density at radius 1 is 1.28 bits per heavy atom. The molecule has 1 aromatic rings. The molecule has 0 aromatic heterocycles. The number of hydrogen-bond donors (Lipinski definition) is 2. The van der Waals surface area contributed by atoms with Crippen LogP contribution < -0.4 is 20.1 Å². The summed E-state index contributed by atoms with van der Waals surface area (Å²) in [4.78, 5) is 12.1. The fraction of sp³-hybridized carbons (Fsp3) is 0.632. The van der Waals surface area contributed by atoms with Crippen LogP contribution in [0.2, 0.25) is 0 Å². The zero-order valence-electron chi connectivity index (χ0n) is 15.4.